The average Bonchev–Trinajstić information content (AvgIpc) is 3.05. The minimum atomic E-state index is 0.0757. The van der Waals surface area contributed by atoms with Crippen LogP contribution in [0.4, 0.5) is 17.1 Å². The second-order valence-corrected chi connectivity index (χ2v) is 11.7. The first-order chi connectivity index (χ1) is 20.7. The lowest BCUT2D eigenvalue weighted by Gasteiger charge is -2.31. The van der Waals surface area contributed by atoms with Gasteiger partial charge in [0.15, 0.2) is 5.43 Å². The van der Waals surface area contributed by atoms with E-state index in [0.29, 0.717) is 0 Å². The highest BCUT2D eigenvalue weighted by Gasteiger charge is 2.24. The summed E-state index contributed by atoms with van der Waals surface area (Å²) in [6.07, 6.45) is 4.88. The first-order valence-electron chi connectivity index (χ1n) is 14.0. The van der Waals surface area contributed by atoms with E-state index < -0.39 is 0 Å². The van der Waals surface area contributed by atoms with Crippen molar-refractivity contribution < 1.29 is 0 Å². The van der Waals surface area contributed by atoms with Crippen LogP contribution >= 0.6 is 11.3 Å². The summed E-state index contributed by atoms with van der Waals surface area (Å²) in [6, 6.07) is 40.0. The zero-order valence-corrected chi connectivity index (χ0v) is 23.5. The molecule has 1 aliphatic carbocycles. The molecule has 0 aliphatic heterocycles. The largest absolute Gasteiger partial charge is 0.310 e. The molecule has 0 bridgehead atoms. The van der Waals surface area contributed by atoms with Crippen molar-refractivity contribution in [2.24, 2.45) is 0 Å². The van der Waals surface area contributed by atoms with Gasteiger partial charge in [-0.25, -0.2) is 9.97 Å². The molecule has 200 valence electrons. The minimum Gasteiger partial charge on any atom is -0.310 e. The van der Waals surface area contributed by atoms with Crippen molar-refractivity contribution in [3.8, 4) is 11.3 Å². The molecule has 42 heavy (non-hydrogen) atoms. The van der Waals surface area contributed by atoms with Crippen LogP contribution < -0.4 is 10.3 Å². The number of nitrogens with zero attached hydrogens (tertiary/aromatic N) is 3. The molecular weight excluding hydrogens is 534 g/mol. The van der Waals surface area contributed by atoms with E-state index in [4.69, 9.17) is 0 Å². The second kappa shape index (κ2) is 10.1. The van der Waals surface area contributed by atoms with Crippen LogP contribution in [0.5, 0.6) is 0 Å². The molecule has 2 aromatic heterocycles. The highest BCUT2D eigenvalue weighted by molar-refractivity contribution is 7.24. The molecule has 7 aromatic rings. The maximum absolute atomic E-state index is 13.9. The monoisotopic (exact) mass is 559 g/mol. The van der Waals surface area contributed by atoms with Crippen LogP contribution in [-0.2, 0) is 12.8 Å². The predicted octanol–water partition coefficient (Wildman–Crippen LogP) is 8.84. The summed E-state index contributed by atoms with van der Waals surface area (Å²) in [6.45, 7) is 0. The molecule has 0 atom stereocenters. The smallest absolute Gasteiger partial charge is 0.195 e. The number of hydrogen-bond donors (Lipinski definition) is 0. The van der Waals surface area contributed by atoms with Gasteiger partial charge in [0.1, 0.15) is 6.33 Å². The van der Waals surface area contributed by atoms with Crippen molar-refractivity contribution >= 4 is 48.6 Å². The number of anilines is 3. The third-order valence-corrected chi connectivity index (χ3v) is 9.27. The van der Waals surface area contributed by atoms with Gasteiger partial charge in [0, 0.05) is 55.4 Å². The number of para-hydroxylation sites is 2. The van der Waals surface area contributed by atoms with E-state index in [1.807, 2.05) is 24.3 Å². The van der Waals surface area contributed by atoms with Gasteiger partial charge < -0.3 is 4.90 Å². The van der Waals surface area contributed by atoms with Crippen LogP contribution in [0.1, 0.15) is 22.3 Å². The Hall–Kier alpha value is -5.13. The maximum Gasteiger partial charge on any atom is 0.195 e. The van der Waals surface area contributed by atoms with Crippen LogP contribution in [0, 0.1) is 0 Å². The minimum absolute atomic E-state index is 0.0757. The van der Waals surface area contributed by atoms with E-state index in [-0.39, 0.29) is 5.43 Å². The number of benzene rings is 5. The van der Waals surface area contributed by atoms with Crippen LogP contribution in [0.2, 0.25) is 0 Å². The Bertz CT molecular complexity index is 2120. The lowest BCUT2D eigenvalue weighted by molar-refractivity contribution is 0.999. The third-order valence-electron chi connectivity index (χ3n) is 8.13. The molecule has 4 nitrogen and oxygen atoms in total. The standard InChI is InChI=1S/C37H25N3OS/c41-37-31-19-25(33-16-17-38-23-39-33)14-15-35(31)42-36-22-26-18-24-8-7-13-34(30(24)20-27(26)21-32(36)37)40(28-9-3-1-4-10-28)29-11-5-2-6-12-29/h1-17,19,21-23H,18,20H2. The third kappa shape index (κ3) is 4.18. The second-order valence-electron chi connectivity index (χ2n) is 10.6. The van der Waals surface area contributed by atoms with E-state index in [0.717, 1.165) is 55.6 Å². The van der Waals surface area contributed by atoms with Crippen molar-refractivity contribution in [3.63, 3.8) is 0 Å². The summed E-state index contributed by atoms with van der Waals surface area (Å²) >= 11 is 1.69. The van der Waals surface area contributed by atoms with Crippen molar-refractivity contribution in [2.75, 3.05) is 4.90 Å². The van der Waals surface area contributed by atoms with Crippen molar-refractivity contribution in [1.82, 2.24) is 9.97 Å². The van der Waals surface area contributed by atoms with Crippen LogP contribution in [0.15, 0.2) is 133 Å². The lowest BCUT2D eigenvalue weighted by atomic mass is 9.84. The van der Waals surface area contributed by atoms with Crippen LogP contribution in [0.25, 0.3) is 31.4 Å². The molecule has 5 heteroatoms. The number of aromatic nitrogens is 2. The molecule has 8 rings (SSSR count). The molecule has 0 fully saturated rings. The van der Waals surface area contributed by atoms with Gasteiger partial charge in [-0.15, -0.1) is 11.3 Å². The van der Waals surface area contributed by atoms with E-state index in [1.54, 1.807) is 17.5 Å². The van der Waals surface area contributed by atoms with Crippen LogP contribution in [-0.4, -0.2) is 9.97 Å². The zero-order valence-electron chi connectivity index (χ0n) is 22.7. The fourth-order valence-electron chi connectivity index (χ4n) is 6.12. The van der Waals surface area contributed by atoms with Crippen molar-refractivity contribution in [3.05, 3.63) is 160 Å². The molecule has 0 saturated heterocycles. The van der Waals surface area contributed by atoms with Crippen LogP contribution in [0.3, 0.4) is 0 Å². The van der Waals surface area contributed by atoms with E-state index >= 15 is 0 Å². The molecule has 0 radical (unpaired) electrons. The number of hydrogen-bond acceptors (Lipinski definition) is 5. The fraction of sp³-hybridized carbons (Fsp3) is 0.0541. The molecule has 2 heterocycles. The Kier molecular flexibility index (Phi) is 5.90. The predicted molar refractivity (Wildman–Crippen MR) is 173 cm³/mol. The van der Waals surface area contributed by atoms with Crippen molar-refractivity contribution in [1.29, 1.82) is 0 Å². The maximum atomic E-state index is 13.9. The quantitative estimate of drug-likeness (QED) is 0.202. The van der Waals surface area contributed by atoms with Gasteiger partial charge in [-0.2, -0.15) is 0 Å². The Morgan fingerprint density at radius 3 is 2.12 bits per heavy atom. The molecule has 0 N–H and O–H groups in total. The summed E-state index contributed by atoms with van der Waals surface area (Å²) in [5.74, 6) is 0. The molecule has 0 spiro atoms. The first-order valence-corrected chi connectivity index (χ1v) is 14.8. The summed E-state index contributed by atoms with van der Waals surface area (Å²) < 4.78 is 2.03. The Labute approximate surface area is 247 Å². The zero-order chi connectivity index (χ0) is 28.0. The molecule has 1 aliphatic rings. The molecule has 0 amide bonds. The fourth-order valence-corrected chi connectivity index (χ4v) is 7.21. The number of fused-ring (bicyclic) bond motifs is 4. The highest BCUT2D eigenvalue weighted by atomic mass is 32.1. The lowest BCUT2D eigenvalue weighted by Crippen LogP contribution is -2.16. The topological polar surface area (TPSA) is 46.1 Å². The van der Waals surface area contributed by atoms with Crippen molar-refractivity contribution in [2.45, 2.75) is 12.8 Å². The number of rotatable bonds is 4. The van der Waals surface area contributed by atoms with E-state index in [1.165, 1.54) is 34.3 Å². The van der Waals surface area contributed by atoms with E-state index in [2.05, 4.69) is 106 Å². The van der Waals surface area contributed by atoms with Gasteiger partial charge in [-0.05, 0) is 89.3 Å². The summed E-state index contributed by atoms with van der Waals surface area (Å²) in [5.41, 5.74) is 10.4. The Morgan fingerprint density at radius 1 is 0.643 bits per heavy atom. The van der Waals surface area contributed by atoms with Gasteiger partial charge >= 0.3 is 0 Å². The van der Waals surface area contributed by atoms with Gasteiger partial charge in [0.25, 0.3) is 0 Å². The molecule has 0 unspecified atom stereocenters. The highest BCUT2D eigenvalue weighted by Crippen LogP contribution is 2.42. The average molecular weight is 560 g/mol. The van der Waals surface area contributed by atoms with Gasteiger partial charge in [-0.3, -0.25) is 4.79 Å². The molecule has 0 saturated carbocycles. The summed E-state index contributed by atoms with van der Waals surface area (Å²) in [7, 11) is 0. The Morgan fingerprint density at radius 2 is 1.38 bits per heavy atom. The Balaban J connectivity index is 1.26. The summed E-state index contributed by atoms with van der Waals surface area (Å²) in [4.78, 5) is 24.7. The van der Waals surface area contributed by atoms with Gasteiger partial charge in [0.05, 0.1) is 5.69 Å². The molecule has 5 aromatic carbocycles. The SMILES string of the molecule is O=c1c2cc(-c3ccncn3)ccc2sc2cc3c(cc12)Cc1c(cccc1N(c1ccccc1)c1ccccc1)C3. The normalized spacial score (nSPS) is 12.2. The van der Waals surface area contributed by atoms with Gasteiger partial charge in [-0.1, -0.05) is 54.6 Å². The van der Waals surface area contributed by atoms with E-state index in [9.17, 15) is 4.79 Å². The van der Waals surface area contributed by atoms with Gasteiger partial charge in [0.2, 0.25) is 0 Å². The molecular formula is C37H25N3OS. The first kappa shape index (κ1) is 24.6. The summed E-state index contributed by atoms with van der Waals surface area (Å²) in [5, 5.41) is 1.52.